The van der Waals surface area contributed by atoms with Crippen LogP contribution in [0.2, 0.25) is 0 Å². The standard InChI is InChI=1S/C25H24N4O3/c1-17-21(22-15-20(32-2)13-14-23(22)26-17)16-24(30)27-28-25(31)29(18-9-5-3-6-10-18)19-11-7-4-8-12-19/h3-15,26H,16H2,1-2H3,(H,27,30)(H,28,31). The maximum atomic E-state index is 13.0. The summed E-state index contributed by atoms with van der Waals surface area (Å²) in [4.78, 5) is 30.4. The van der Waals surface area contributed by atoms with Gasteiger partial charge in [-0.25, -0.2) is 10.2 Å². The first-order valence-electron chi connectivity index (χ1n) is 10.2. The van der Waals surface area contributed by atoms with E-state index >= 15 is 0 Å². The van der Waals surface area contributed by atoms with Crippen LogP contribution in [0.5, 0.6) is 5.75 Å². The van der Waals surface area contributed by atoms with E-state index in [0.29, 0.717) is 17.1 Å². The third-order valence-electron chi connectivity index (χ3n) is 5.20. The van der Waals surface area contributed by atoms with E-state index in [1.54, 1.807) is 7.11 Å². The number of aromatic amines is 1. The molecule has 0 fully saturated rings. The minimum atomic E-state index is -0.465. The van der Waals surface area contributed by atoms with Crippen LogP contribution in [-0.2, 0) is 11.2 Å². The van der Waals surface area contributed by atoms with Crippen molar-refractivity contribution >= 4 is 34.2 Å². The van der Waals surface area contributed by atoms with E-state index in [4.69, 9.17) is 4.74 Å². The van der Waals surface area contributed by atoms with Gasteiger partial charge in [0, 0.05) is 16.6 Å². The second-order valence-corrected chi connectivity index (χ2v) is 7.30. The van der Waals surface area contributed by atoms with Crippen LogP contribution in [0.3, 0.4) is 0 Å². The summed E-state index contributed by atoms with van der Waals surface area (Å²) in [5, 5.41) is 0.915. The number of amides is 3. The van der Waals surface area contributed by atoms with Crippen LogP contribution in [0.4, 0.5) is 16.2 Å². The van der Waals surface area contributed by atoms with Gasteiger partial charge in [-0.15, -0.1) is 0 Å². The first-order chi connectivity index (χ1) is 15.6. The number of aromatic nitrogens is 1. The minimum absolute atomic E-state index is 0.107. The molecule has 162 valence electrons. The largest absolute Gasteiger partial charge is 0.497 e. The first kappa shape index (κ1) is 21.0. The number of nitrogens with zero attached hydrogens (tertiary/aromatic N) is 1. The van der Waals surface area contributed by atoms with Crippen LogP contribution in [0.15, 0.2) is 78.9 Å². The number of rotatable bonds is 5. The Bertz CT molecular complexity index is 1200. The van der Waals surface area contributed by atoms with Crippen LogP contribution in [-0.4, -0.2) is 24.0 Å². The van der Waals surface area contributed by atoms with Crippen molar-refractivity contribution in [3.05, 3.63) is 90.1 Å². The number of urea groups is 1. The van der Waals surface area contributed by atoms with E-state index in [1.165, 1.54) is 4.90 Å². The lowest BCUT2D eigenvalue weighted by Crippen LogP contribution is -2.48. The number of carbonyl (C=O) groups is 2. The van der Waals surface area contributed by atoms with E-state index in [-0.39, 0.29) is 12.3 Å². The van der Waals surface area contributed by atoms with Gasteiger partial charge in [-0.3, -0.25) is 15.1 Å². The number of H-pyrrole nitrogens is 1. The zero-order valence-electron chi connectivity index (χ0n) is 17.9. The fraction of sp³-hybridized carbons (Fsp3) is 0.120. The number of nitrogens with one attached hydrogen (secondary N) is 3. The van der Waals surface area contributed by atoms with Gasteiger partial charge in [0.05, 0.1) is 24.9 Å². The maximum absolute atomic E-state index is 13.0. The lowest BCUT2D eigenvalue weighted by atomic mass is 10.1. The quantitative estimate of drug-likeness (QED) is 0.406. The highest BCUT2D eigenvalue weighted by Gasteiger charge is 2.19. The van der Waals surface area contributed by atoms with E-state index in [9.17, 15) is 9.59 Å². The van der Waals surface area contributed by atoms with Crippen molar-refractivity contribution in [3.8, 4) is 5.75 Å². The average Bonchev–Trinajstić information content (AvgIpc) is 3.13. The number of hydrogen-bond acceptors (Lipinski definition) is 3. The number of para-hydroxylation sites is 2. The second kappa shape index (κ2) is 9.26. The van der Waals surface area contributed by atoms with E-state index in [2.05, 4.69) is 15.8 Å². The van der Waals surface area contributed by atoms with E-state index < -0.39 is 6.03 Å². The molecule has 0 unspecified atom stereocenters. The molecule has 3 amide bonds. The molecule has 1 heterocycles. The Morgan fingerprint density at radius 2 is 1.53 bits per heavy atom. The van der Waals surface area contributed by atoms with Crippen molar-refractivity contribution in [1.82, 2.24) is 15.8 Å². The number of carbonyl (C=O) groups excluding carboxylic acids is 2. The molecular weight excluding hydrogens is 404 g/mol. The molecule has 0 bridgehead atoms. The molecule has 0 saturated carbocycles. The zero-order valence-corrected chi connectivity index (χ0v) is 17.9. The maximum Gasteiger partial charge on any atom is 0.345 e. The van der Waals surface area contributed by atoms with Crippen molar-refractivity contribution in [2.75, 3.05) is 12.0 Å². The number of anilines is 2. The van der Waals surface area contributed by atoms with Gasteiger partial charge in [0.1, 0.15) is 5.75 Å². The lowest BCUT2D eigenvalue weighted by molar-refractivity contribution is -0.121. The summed E-state index contributed by atoms with van der Waals surface area (Å²) < 4.78 is 5.30. The van der Waals surface area contributed by atoms with Crippen molar-refractivity contribution in [3.63, 3.8) is 0 Å². The third-order valence-corrected chi connectivity index (χ3v) is 5.20. The normalized spacial score (nSPS) is 10.6. The smallest absolute Gasteiger partial charge is 0.345 e. The Labute approximate surface area is 186 Å². The third kappa shape index (κ3) is 4.41. The highest BCUT2D eigenvalue weighted by Crippen LogP contribution is 2.27. The average molecular weight is 428 g/mol. The number of hydrazine groups is 1. The molecule has 3 N–H and O–H groups in total. The van der Waals surface area contributed by atoms with Gasteiger partial charge < -0.3 is 9.72 Å². The Morgan fingerprint density at radius 3 is 2.12 bits per heavy atom. The number of fused-ring (bicyclic) bond motifs is 1. The fourth-order valence-corrected chi connectivity index (χ4v) is 3.64. The molecule has 0 spiro atoms. The van der Waals surface area contributed by atoms with Gasteiger partial charge in [0.25, 0.3) is 0 Å². The summed E-state index contributed by atoms with van der Waals surface area (Å²) >= 11 is 0. The molecule has 7 heteroatoms. The Hall–Kier alpha value is -4.26. The molecule has 0 aliphatic heterocycles. The van der Waals surface area contributed by atoms with Crippen LogP contribution >= 0.6 is 0 Å². The molecule has 4 aromatic rings. The second-order valence-electron chi connectivity index (χ2n) is 7.30. The molecule has 1 aromatic heterocycles. The number of benzene rings is 3. The number of hydrogen-bond donors (Lipinski definition) is 3. The van der Waals surface area contributed by atoms with E-state index in [1.807, 2.05) is 85.8 Å². The Kier molecular flexibility index (Phi) is 6.07. The van der Waals surface area contributed by atoms with Gasteiger partial charge in [-0.05, 0) is 55.0 Å². The molecule has 0 aliphatic carbocycles. The van der Waals surface area contributed by atoms with Crippen LogP contribution in [0.1, 0.15) is 11.3 Å². The van der Waals surface area contributed by atoms with Gasteiger partial charge in [0.2, 0.25) is 5.91 Å². The monoisotopic (exact) mass is 428 g/mol. The molecular formula is C25H24N4O3. The summed E-state index contributed by atoms with van der Waals surface area (Å²) in [6, 6.07) is 23.7. The summed E-state index contributed by atoms with van der Waals surface area (Å²) in [5.41, 5.74) is 9.12. The number of methoxy groups -OCH3 is 1. The van der Waals surface area contributed by atoms with Gasteiger partial charge in [-0.2, -0.15) is 0 Å². The summed E-state index contributed by atoms with van der Waals surface area (Å²) in [7, 11) is 1.60. The summed E-state index contributed by atoms with van der Waals surface area (Å²) in [5.74, 6) is 0.388. The molecule has 0 saturated heterocycles. The highest BCUT2D eigenvalue weighted by molar-refractivity contribution is 6.00. The predicted molar refractivity (Wildman–Crippen MR) is 125 cm³/mol. The summed E-state index contributed by atoms with van der Waals surface area (Å²) in [6.45, 7) is 1.92. The highest BCUT2D eigenvalue weighted by atomic mass is 16.5. The van der Waals surface area contributed by atoms with Crippen molar-refractivity contribution in [1.29, 1.82) is 0 Å². The molecule has 4 rings (SSSR count). The van der Waals surface area contributed by atoms with Gasteiger partial charge in [0.15, 0.2) is 0 Å². The molecule has 32 heavy (non-hydrogen) atoms. The zero-order chi connectivity index (χ0) is 22.5. The first-order valence-corrected chi connectivity index (χ1v) is 10.2. The van der Waals surface area contributed by atoms with Crippen LogP contribution in [0, 0.1) is 6.92 Å². The Morgan fingerprint density at radius 1 is 0.906 bits per heavy atom. The van der Waals surface area contributed by atoms with Crippen LogP contribution < -0.4 is 20.5 Å². The minimum Gasteiger partial charge on any atom is -0.497 e. The van der Waals surface area contributed by atoms with E-state index in [0.717, 1.165) is 22.2 Å². The van der Waals surface area contributed by atoms with Gasteiger partial charge >= 0.3 is 6.03 Å². The lowest BCUT2D eigenvalue weighted by Gasteiger charge is -2.23. The fourth-order valence-electron chi connectivity index (χ4n) is 3.64. The van der Waals surface area contributed by atoms with Crippen molar-refractivity contribution < 1.29 is 14.3 Å². The van der Waals surface area contributed by atoms with Crippen molar-refractivity contribution in [2.45, 2.75) is 13.3 Å². The topological polar surface area (TPSA) is 86.5 Å². The molecule has 0 radical (unpaired) electrons. The van der Waals surface area contributed by atoms with Crippen LogP contribution in [0.25, 0.3) is 10.9 Å². The Balaban J connectivity index is 1.49. The van der Waals surface area contributed by atoms with Crippen molar-refractivity contribution in [2.24, 2.45) is 0 Å². The molecule has 0 atom stereocenters. The molecule has 0 aliphatic rings. The number of ether oxygens (including phenoxy) is 1. The predicted octanol–water partition coefficient (Wildman–Crippen LogP) is 4.61. The summed E-state index contributed by atoms with van der Waals surface area (Å²) in [6.07, 6.45) is 0.107. The molecule has 3 aromatic carbocycles. The van der Waals surface area contributed by atoms with Gasteiger partial charge in [-0.1, -0.05) is 36.4 Å². The number of aryl methyl sites for hydroxylation is 1. The molecule has 7 nitrogen and oxygen atoms in total. The SMILES string of the molecule is COc1ccc2[nH]c(C)c(CC(=O)NNC(=O)N(c3ccccc3)c3ccccc3)c2c1.